The van der Waals surface area contributed by atoms with Gasteiger partial charge in [-0.05, 0) is 48.6 Å². The minimum absolute atomic E-state index is 0.0130. The fraction of sp³-hybridized carbons (Fsp3) is 0.364. The number of nitrogens with zero attached hydrogens (tertiary/aromatic N) is 1. The third-order valence-electron chi connectivity index (χ3n) is 5.25. The van der Waals surface area contributed by atoms with Crippen LogP contribution >= 0.6 is 11.6 Å². The Hall–Kier alpha value is -2.33. The van der Waals surface area contributed by atoms with Gasteiger partial charge in [0.05, 0.1) is 16.6 Å². The number of rotatable bonds is 5. The fourth-order valence-electron chi connectivity index (χ4n) is 3.44. The number of halogens is 1. The standard InChI is InChI=1S/C22H25ClN2O2/c1-4-15(3)17-7-5-6-8-20(17)25-13-16(12-21(25)26)22(27)24-19-10-9-14(2)11-18(19)23/h5-11,15-16H,4,12-13H2,1-3H3,(H,24,27)/t15-,16+/m1/s1. The van der Waals surface area contributed by atoms with Crippen molar-refractivity contribution >= 4 is 34.8 Å². The van der Waals surface area contributed by atoms with Gasteiger partial charge in [0.1, 0.15) is 0 Å². The predicted octanol–water partition coefficient (Wildman–Crippen LogP) is 5.15. The summed E-state index contributed by atoms with van der Waals surface area (Å²) in [6, 6.07) is 13.5. The van der Waals surface area contributed by atoms with Crippen LogP contribution in [0.1, 0.15) is 43.7 Å². The Kier molecular flexibility index (Phi) is 5.85. The highest BCUT2D eigenvalue weighted by molar-refractivity contribution is 6.33. The van der Waals surface area contributed by atoms with Gasteiger partial charge >= 0.3 is 0 Å². The number of amides is 2. The van der Waals surface area contributed by atoms with Crippen molar-refractivity contribution in [1.29, 1.82) is 0 Å². The van der Waals surface area contributed by atoms with Crippen LogP contribution in [0.5, 0.6) is 0 Å². The molecule has 0 aliphatic carbocycles. The molecule has 2 atom stereocenters. The molecule has 0 spiro atoms. The molecule has 5 heteroatoms. The molecule has 0 radical (unpaired) electrons. The molecule has 2 amide bonds. The van der Waals surface area contributed by atoms with Crippen molar-refractivity contribution in [3.8, 4) is 0 Å². The Labute approximate surface area is 165 Å². The zero-order chi connectivity index (χ0) is 19.6. The number of carbonyl (C=O) groups excluding carboxylic acids is 2. The van der Waals surface area contributed by atoms with Gasteiger partial charge in [-0.15, -0.1) is 0 Å². The second-order valence-electron chi connectivity index (χ2n) is 7.25. The molecule has 0 aromatic heterocycles. The lowest BCUT2D eigenvalue weighted by atomic mass is 9.96. The van der Waals surface area contributed by atoms with Crippen LogP contribution in [0.4, 0.5) is 11.4 Å². The van der Waals surface area contributed by atoms with Crippen molar-refractivity contribution in [2.24, 2.45) is 5.92 Å². The third-order valence-corrected chi connectivity index (χ3v) is 5.56. The molecule has 142 valence electrons. The van der Waals surface area contributed by atoms with Crippen LogP contribution in [-0.4, -0.2) is 18.4 Å². The van der Waals surface area contributed by atoms with E-state index in [1.807, 2.05) is 37.3 Å². The maximum atomic E-state index is 12.7. The first-order chi connectivity index (χ1) is 12.9. The SMILES string of the molecule is CC[C@@H](C)c1ccccc1N1C[C@@H](C(=O)Nc2ccc(C)cc2Cl)CC1=O. The van der Waals surface area contributed by atoms with E-state index in [0.717, 1.165) is 23.2 Å². The first kappa shape index (κ1) is 19.4. The summed E-state index contributed by atoms with van der Waals surface area (Å²) in [6.45, 7) is 6.62. The van der Waals surface area contributed by atoms with E-state index >= 15 is 0 Å². The summed E-state index contributed by atoms with van der Waals surface area (Å²) >= 11 is 6.21. The van der Waals surface area contributed by atoms with Crippen LogP contribution in [0.3, 0.4) is 0 Å². The fourth-order valence-corrected chi connectivity index (χ4v) is 3.72. The quantitative estimate of drug-likeness (QED) is 0.774. The Morgan fingerprint density at radius 3 is 2.74 bits per heavy atom. The number of anilines is 2. The number of benzene rings is 2. The molecule has 0 saturated carbocycles. The van der Waals surface area contributed by atoms with Crippen LogP contribution in [0, 0.1) is 12.8 Å². The van der Waals surface area contributed by atoms with Crippen molar-refractivity contribution in [2.45, 2.75) is 39.5 Å². The number of aryl methyl sites for hydroxylation is 1. The van der Waals surface area contributed by atoms with Crippen molar-refractivity contribution in [2.75, 3.05) is 16.8 Å². The van der Waals surface area contributed by atoms with E-state index in [1.165, 1.54) is 0 Å². The van der Waals surface area contributed by atoms with Crippen LogP contribution in [0.2, 0.25) is 5.02 Å². The molecule has 1 N–H and O–H groups in total. The lowest BCUT2D eigenvalue weighted by Crippen LogP contribution is -2.29. The zero-order valence-corrected chi connectivity index (χ0v) is 16.7. The lowest BCUT2D eigenvalue weighted by Gasteiger charge is -2.23. The highest BCUT2D eigenvalue weighted by atomic mass is 35.5. The molecule has 0 bridgehead atoms. The van der Waals surface area contributed by atoms with E-state index in [-0.39, 0.29) is 24.2 Å². The molecule has 1 saturated heterocycles. The average molecular weight is 385 g/mol. The summed E-state index contributed by atoms with van der Waals surface area (Å²) in [5.74, 6) is -0.216. The van der Waals surface area contributed by atoms with Crippen LogP contribution in [-0.2, 0) is 9.59 Å². The topological polar surface area (TPSA) is 49.4 Å². The smallest absolute Gasteiger partial charge is 0.229 e. The van der Waals surface area contributed by atoms with Crippen molar-refractivity contribution in [3.63, 3.8) is 0 Å². The minimum Gasteiger partial charge on any atom is -0.324 e. The molecular formula is C22H25ClN2O2. The molecule has 1 aliphatic heterocycles. The van der Waals surface area contributed by atoms with Crippen LogP contribution < -0.4 is 10.2 Å². The molecule has 1 aliphatic rings. The summed E-state index contributed by atoms with van der Waals surface area (Å²) in [4.78, 5) is 27.1. The second kappa shape index (κ2) is 8.13. The number of carbonyl (C=O) groups is 2. The highest BCUT2D eigenvalue weighted by Gasteiger charge is 2.36. The molecule has 2 aromatic rings. The molecule has 3 rings (SSSR count). The molecule has 1 heterocycles. The summed E-state index contributed by atoms with van der Waals surface area (Å²) < 4.78 is 0. The van der Waals surface area contributed by atoms with Gasteiger partial charge in [0.2, 0.25) is 11.8 Å². The van der Waals surface area contributed by atoms with Gasteiger partial charge in [0.25, 0.3) is 0 Å². The molecular weight excluding hydrogens is 360 g/mol. The predicted molar refractivity (Wildman–Crippen MR) is 110 cm³/mol. The van der Waals surface area contributed by atoms with E-state index in [0.29, 0.717) is 23.2 Å². The van der Waals surface area contributed by atoms with Gasteiger partial charge < -0.3 is 10.2 Å². The maximum Gasteiger partial charge on any atom is 0.229 e. The minimum atomic E-state index is -0.389. The van der Waals surface area contributed by atoms with Crippen molar-refractivity contribution in [1.82, 2.24) is 0 Å². The van der Waals surface area contributed by atoms with Gasteiger partial charge in [-0.2, -0.15) is 0 Å². The largest absolute Gasteiger partial charge is 0.324 e. The first-order valence-corrected chi connectivity index (χ1v) is 9.74. The molecule has 4 nitrogen and oxygen atoms in total. The van der Waals surface area contributed by atoms with Gasteiger partial charge in [-0.1, -0.05) is 49.7 Å². The number of hydrogen-bond acceptors (Lipinski definition) is 2. The van der Waals surface area contributed by atoms with Crippen LogP contribution in [0.25, 0.3) is 0 Å². The van der Waals surface area contributed by atoms with Crippen molar-refractivity contribution in [3.05, 3.63) is 58.6 Å². The molecule has 2 aromatic carbocycles. The van der Waals surface area contributed by atoms with Gasteiger partial charge in [0, 0.05) is 18.7 Å². The number of nitrogens with one attached hydrogen (secondary N) is 1. The second-order valence-corrected chi connectivity index (χ2v) is 7.65. The summed E-state index contributed by atoms with van der Waals surface area (Å²) in [6.07, 6.45) is 1.21. The summed E-state index contributed by atoms with van der Waals surface area (Å²) in [7, 11) is 0. The first-order valence-electron chi connectivity index (χ1n) is 9.37. The average Bonchev–Trinajstić information content (AvgIpc) is 3.05. The summed E-state index contributed by atoms with van der Waals surface area (Å²) in [5.41, 5.74) is 3.68. The van der Waals surface area contributed by atoms with Gasteiger partial charge in [-0.3, -0.25) is 9.59 Å². The Balaban J connectivity index is 1.77. The van der Waals surface area contributed by atoms with E-state index in [1.54, 1.807) is 11.0 Å². The zero-order valence-electron chi connectivity index (χ0n) is 16.0. The number of para-hydroxylation sites is 1. The third kappa shape index (κ3) is 4.16. The van der Waals surface area contributed by atoms with E-state index in [4.69, 9.17) is 11.6 Å². The van der Waals surface area contributed by atoms with E-state index in [9.17, 15) is 9.59 Å². The van der Waals surface area contributed by atoms with Crippen LogP contribution in [0.15, 0.2) is 42.5 Å². The molecule has 27 heavy (non-hydrogen) atoms. The Bertz CT molecular complexity index is 865. The summed E-state index contributed by atoms with van der Waals surface area (Å²) in [5, 5.41) is 3.38. The monoisotopic (exact) mass is 384 g/mol. The lowest BCUT2D eigenvalue weighted by molar-refractivity contribution is -0.122. The van der Waals surface area contributed by atoms with E-state index < -0.39 is 0 Å². The highest BCUT2D eigenvalue weighted by Crippen LogP contribution is 2.34. The molecule has 1 fully saturated rings. The van der Waals surface area contributed by atoms with Gasteiger partial charge in [0.15, 0.2) is 0 Å². The van der Waals surface area contributed by atoms with E-state index in [2.05, 4.69) is 25.2 Å². The van der Waals surface area contributed by atoms with Crippen molar-refractivity contribution < 1.29 is 9.59 Å². The maximum absolute atomic E-state index is 12.7. The Morgan fingerprint density at radius 1 is 1.30 bits per heavy atom. The normalized spacial score (nSPS) is 17.9. The molecule has 0 unspecified atom stereocenters. The van der Waals surface area contributed by atoms with Gasteiger partial charge in [-0.25, -0.2) is 0 Å². The number of hydrogen-bond donors (Lipinski definition) is 1. The Morgan fingerprint density at radius 2 is 2.04 bits per heavy atom.